The molecule has 3 aromatic heterocycles. The number of benzene rings is 1. The number of aromatic nitrogens is 2. The molecule has 4 aromatic rings. The Morgan fingerprint density at radius 2 is 2.15 bits per heavy atom. The summed E-state index contributed by atoms with van der Waals surface area (Å²) in [4.78, 5) is 31.1. The van der Waals surface area contributed by atoms with Gasteiger partial charge in [0.15, 0.2) is 0 Å². The summed E-state index contributed by atoms with van der Waals surface area (Å²) in [6.45, 7) is 1.45. The summed E-state index contributed by atoms with van der Waals surface area (Å²) in [5, 5.41) is 6.97. The molecule has 136 valence electrons. The molecule has 0 atom stereocenters. The van der Waals surface area contributed by atoms with E-state index >= 15 is 0 Å². The summed E-state index contributed by atoms with van der Waals surface area (Å²) in [6.07, 6.45) is 1.37. The molecule has 0 aliphatic heterocycles. The summed E-state index contributed by atoms with van der Waals surface area (Å²) < 4.78 is 14.9. The molecule has 0 bridgehead atoms. The first-order valence-corrected chi connectivity index (χ1v) is 9.85. The number of amides is 1. The van der Waals surface area contributed by atoms with Gasteiger partial charge in [0, 0.05) is 21.5 Å². The highest BCUT2D eigenvalue weighted by Crippen LogP contribution is 2.33. The summed E-state index contributed by atoms with van der Waals surface area (Å²) in [6, 6.07) is 8.33. The number of nitrogens with one attached hydrogen (secondary N) is 1. The van der Waals surface area contributed by atoms with Gasteiger partial charge < -0.3 is 5.32 Å². The van der Waals surface area contributed by atoms with Gasteiger partial charge in [-0.15, -0.1) is 22.7 Å². The van der Waals surface area contributed by atoms with Crippen molar-refractivity contribution in [3.63, 3.8) is 0 Å². The maximum absolute atomic E-state index is 13.6. The number of fused-ring (bicyclic) bond motifs is 1. The van der Waals surface area contributed by atoms with Crippen LogP contribution >= 0.6 is 22.7 Å². The van der Waals surface area contributed by atoms with Crippen LogP contribution in [0.5, 0.6) is 0 Å². The Kier molecular flexibility index (Phi) is 4.59. The molecule has 0 radical (unpaired) electrons. The van der Waals surface area contributed by atoms with Gasteiger partial charge in [0.25, 0.3) is 5.56 Å². The Bertz CT molecular complexity index is 1200. The molecule has 0 fully saturated rings. The second-order valence-corrected chi connectivity index (χ2v) is 7.80. The van der Waals surface area contributed by atoms with Crippen molar-refractivity contribution < 1.29 is 9.18 Å². The molecule has 5 nitrogen and oxygen atoms in total. The van der Waals surface area contributed by atoms with E-state index in [0.29, 0.717) is 21.5 Å². The average molecular weight is 399 g/mol. The monoisotopic (exact) mass is 399 g/mol. The molecule has 3 heterocycles. The number of hydrogen-bond acceptors (Lipinski definition) is 5. The zero-order chi connectivity index (χ0) is 19.0. The highest BCUT2D eigenvalue weighted by atomic mass is 32.1. The number of halogens is 1. The van der Waals surface area contributed by atoms with Gasteiger partial charge in [0.05, 0.1) is 11.7 Å². The van der Waals surface area contributed by atoms with E-state index in [0.717, 1.165) is 10.4 Å². The van der Waals surface area contributed by atoms with Crippen LogP contribution in [0, 0.1) is 12.7 Å². The van der Waals surface area contributed by atoms with E-state index in [-0.39, 0.29) is 12.1 Å². The lowest BCUT2D eigenvalue weighted by Gasteiger charge is -2.08. The van der Waals surface area contributed by atoms with Gasteiger partial charge >= 0.3 is 0 Å². The van der Waals surface area contributed by atoms with Crippen LogP contribution < -0.4 is 10.9 Å². The molecule has 0 saturated carbocycles. The minimum atomic E-state index is -0.422. The van der Waals surface area contributed by atoms with Crippen LogP contribution in [-0.4, -0.2) is 15.5 Å². The van der Waals surface area contributed by atoms with Gasteiger partial charge in [0.1, 0.15) is 17.2 Å². The molecule has 4 rings (SSSR count). The first kappa shape index (κ1) is 17.6. The third kappa shape index (κ3) is 3.41. The second-order valence-electron chi connectivity index (χ2n) is 6.00. The van der Waals surface area contributed by atoms with E-state index in [1.165, 1.54) is 28.3 Å². The Balaban J connectivity index is 1.63. The Morgan fingerprint density at radius 3 is 2.89 bits per heavy atom. The van der Waals surface area contributed by atoms with Crippen LogP contribution in [0.3, 0.4) is 0 Å². The van der Waals surface area contributed by atoms with Crippen LogP contribution in [0.2, 0.25) is 0 Å². The molecule has 0 aliphatic carbocycles. The van der Waals surface area contributed by atoms with Gasteiger partial charge in [-0.1, -0.05) is 12.1 Å². The number of anilines is 1. The van der Waals surface area contributed by atoms with Crippen molar-refractivity contribution in [1.82, 2.24) is 9.55 Å². The average Bonchev–Trinajstić information content (AvgIpc) is 3.30. The zero-order valence-corrected chi connectivity index (χ0v) is 15.9. The van der Waals surface area contributed by atoms with Crippen molar-refractivity contribution in [3.8, 4) is 10.4 Å². The van der Waals surface area contributed by atoms with Crippen molar-refractivity contribution in [2.45, 2.75) is 13.5 Å². The second kappa shape index (κ2) is 7.05. The van der Waals surface area contributed by atoms with Crippen molar-refractivity contribution in [3.05, 3.63) is 69.2 Å². The van der Waals surface area contributed by atoms with E-state index in [9.17, 15) is 14.0 Å². The topological polar surface area (TPSA) is 64.0 Å². The normalized spacial score (nSPS) is 11.0. The maximum Gasteiger partial charge on any atom is 0.263 e. The third-order valence-corrected chi connectivity index (χ3v) is 5.91. The van der Waals surface area contributed by atoms with E-state index in [4.69, 9.17) is 0 Å². The smallest absolute Gasteiger partial charge is 0.263 e. The lowest BCUT2D eigenvalue weighted by atomic mass is 10.2. The number of carbonyl (C=O) groups is 1. The highest BCUT2D eigenvalue weighted by molar-refractivity contribution is 7.18. The Labute approximate surface area is 161 Å². The van der Waals surface area contributed by atoms with Crippen LogP contribution in [0.1, 0.15) is 5.56 Å². The van der Waals surface area contributed by atoms with Crippen molar-refractivity contribution in [2.24, 2.45) is 0 Å². The number of aryl methyl sites for hydroxylation is 1. The summed E-state index contributed by atoms with van der Waals surface area (Å²) in [5.41, 5.74) is 1.41. The van der Waals surface area contributed by atoms with E-state index in [1.54, 1.807) is 30.4 Å². The van der Waals surface area contributed by atoms with Gasteiger partial charge in [-0.25, -0.2) is 9.37 Å². The van der Waals surface area contributed by atoms with Crippen molar-refractivity contribution >= 4 is 44.5 Å². The summed E-state index contributed by atoms with van der Waals surface area (Å²) in [5.74, 6) is -0.818. The molecule has 0 spiro atoms. The summed E-state index contributed by atoms with van der Waals surface area (Å²) >= 11 is 2.94. The molecule has 0 aliphatic rings. The predicted molar refractivity (Wildman–Crippen MR) is 107 cm³/mol. The predicted octanol–water partition coefficient (Wildman–Crippen LogP) is 4.27. The standard InChI is InChI=1S/C19H14FN3O2S2/c1-11-4-5-12(7-14(11)20)22-16(24)8-23-10-21-18-17(19(23)25)13(9-27-18)15-3-2-6-26-15/h2-7,9-10H,8H2,1H3,(H,22,24). The summed E-state index contributed by atoms with van der Waals surface area (Å²) in [7, 11) is 0. The molecular weight excluding hydrogens is 385 g/mol. The van der Waals surface area contributed by atoms with E-state index < -0.39 is 11.7 Å². The molecule has 27 heavy (non-hydrogen) atoms. The van der Waals surface area contributed by atoms with Crippen LogP contribution in [0.15, 0.2) is 52.2 Å². The fourth-order valence-corrected chi connectivity index (χ4v) is 4.44. The molecule has 0 unspecified atom stereocenters. The molecule has 8 heteroatoms. The van der Waals surface area contributed by atoms with Crippen molar-refractivity contribution in [1.29, 1.82) is 0 Å². The largest absolute Gasteiger partial charge is 0.324 e. The van der Waals surface area contributed by atoms with Crippen LogP contribution in [0.25, 0.3) is 20.7 Å². The Morgan fingerprint density at radius 1 is 1.30 bits per heavy atom. The number of nitrogens with zero attached hydrogens (tertiary/aromatic N) is 2. The van der Waals surface area contributed by atoms with Crippen LogP contribution in [0.4, 0.5) is 10.1 Å². The third-order valence-electron chi connectivity index (χ3n) is 4.12. The van der Waals surface area contributed by atoms with Gasteiger partial charge in [-0.3, -0.25) is 14.2 Å². The lowest BCUT2D eigenvalue weighted by molar-refractivity contribution is -0.116. The van der Waals surface area contributed by atoms with Gasteiger partial charge in [-0.2, -0.15) is 0 Å². The molecule has 1 amide bonds. The quantitative estimate of drug-likeness (QED) is 0.557. The maximum atomic E-state index is 13.6. The van der Waals surface area contributed by atoms with Gasteiger partial charge in [-0.05, 0) is 36.1 Å². The SMILES string of the molecule is Cc1ccc(NC(=O)Cn2cnc3scc(-c4cccs4)c3c2=O)cc1F. The first-order chi connectivity index (χ1) is 13.0. The van der Waals surface area contributed by atoms with E-state index in [1.807, 2.05) is 22.9 Å². The van der Waals surface area contributed by atoms with Crippen LogP contribution in [-0.2, 0) is 11.3 Å². The lowest BCUT2D eigenvalue weighted by Crippen LogP contribution is -2.27. The fraction of sp³-hybridized carbons (Fsp3) is 0.105. The molecule has 1 N–H and O–H groups in total. The number of carbonyl (C=O) groups excluding carboxylic acids is 1. The highest BCUT2D eigenvalue weighted by Gasteiger charge is 2.15. The zero-order valence-electron chi connectivity index (χ0n) is 14.2. The Hall–Kier alpha value is -2.84. The first-order valence-electron chi connectivity index (χ1n) is 8.09. The fourth-order valence-electron chi connectivity index (χ4n) is 2.72. The minimum absolute atomic E-state index is 0.197. The molecule has 0 saturated heterocycles. The molecular formula is C19H14FN3O2S2. The minimum Gasteiger partial charge on any atom is -0.324 e. The van der Waals surface area contributed by atoms with Gasteiger partial charge in [0.2, 0.25) is 5.91 Å². The van der Waals surface area contributed by atoms with Crippen molar-refractivity contribution in [2.75, 3.05) is 5.32 Å². The molecule has 1 aromatic carbocycles. The number of hydrogen-bond donors (Lipinski definition) is 1. The number of rotatable bonds is 4. The van der Waals surface area contributed by atoms with E-state index in [2.05, 4.69) is 10.3 Å². The number of thiophene rings is 2.